The zero-order valence-corrected chi connectivity index (χ0v) is 18.0. The third kappa shape index (κ3) is 2.14. The van der Waals surface area contributed by atoms with E-state index < -0.39 is 0 Å². The number of benzene rings is 3. The van der Waals surface area contributed by atoms with Gasteiger partial charge in [0.15, 0.2) is 0 Å². The van der Waals surface area contributed by atoms with Gasteiger partial charge in [-0.05, 0) is 85.5 Å². The van der Waals surface area contributed by atoms with Crippen LogP contribution < -0.4 is 0 Å². The number of hydrogen-bond donors (Lipinski definition) is 0. The summed E-state index contributed by atoms with van der Waals surface area (Å²) >= 11 is 0. The van der Waals surface area contributed by atoms with E-state index in [2.05, 4.69) is 66.2 Å². The number of para-hydroxylation sites is 1. The number of aromatic nitrogens is 1. The highest BCUT2D eigenvalue weighted by Gasteiger charge is 2.51. The first-order valence-corrected chi connectivity index (χ1v) is 12.0. The Kier molecular flexibility index (Phi) is 3.02. The Morgan fingerprint density at radius 3 is 2.19 bits per heavy atom. The van der Waals surface area contributed by atoms with E-state index in [0.717, 1.165) is 28.9 Å². The van der Waals surface area contributed by atoms with Crippen LogP contribution in [0.3, 0.4) is 0 Å². The molecule has 4 saturated carbocycles. The standard InChI is InChI=1S/C29H27NO/c1-30-25-5-3-2-4-21(25)23-12-24-22-7-6-20(11-27(22)31-28(24)13-26(23)30)29-14-17-8-18(15-29)10-19(9-17)16-29/h2-7,11-13,17-19H,8-10,14-16H2,1H3. The maximum absolute atomic E-state index is 6.50. The fourth-order valence-electron chi connectivity index (χ4n) is 8.22. The molecule has 0 aliphatic heterocycles. The summed E-state index contributed by atoms with van der Waals surface area (Å²) in [6.45, 7) is 0. The quantitative estimate of drug-likeness (QED) is 0.279. The van der Waals surface area contributed by atoms with E-state index in [1.54, 1.807) is 5.56 Å². The van der Waals surface area contributed by atoms with Gasteiger partial charge >= 0.3 is 0 Å². The van der Waals surface area contributed by atoms with Gasteiger partial charge in [0.05, 0.1) is 5.52 Å². The molecule has 2 heterocycles. The smallest absolute Gasteiger partial charge is 0.137 e. The third-order valence-corrected chi connectivity index (χ3v) is 9.16. The first-order valence-electron chi connectivity index (χ1n) is 12.0. The van der Waals surface area contributed by atoms with Gasteiger partial charge in [-0.25, -0.2) is 0 Å². The summed E-state index contributed by atoms with van der Waals surface area (Å²) in [6.07, 6.45) is 8.69. The van der Waals surface area contributed by atoms with E-state index in [1.165, 1.54) is 71.1 Å². The van der Waals surface area contributed by atoms with E-state index in [4.69, 9.17) is 4.42 Å². The molecule has 4 aliphatic rings. The average molecular weight is 406 g/mol. The molecule has 4 aliphatic carbocycles. The molecule has 0 saturated heterocycles. The summed E-state index contributed by atoms with van der Waals surface area (Å²) in [7, 11) is 2.16. The highest BCUT2D eigenvalue weighted by molar-refractivity contribution is 6.16. The lowest BCUT2D eigenvalue weighted by Gasteiger charge is -2.57. The fourth-order valence-corrected chi connectivity index (χ4v) is 8.22. The summed E-state index contributed by atoms with van der Waals surface area (Å²) in [5, 5.41) is 5.15. The molecule has 9 rings (SSSR count). The Bertz CT molecular complexity index is 1500. The van der Waals surface area contributed by atoms with Crippen molar-refractivity contribution >= 4 is 43.7 Å². The Labute approximate surface area is 181 Å². The second-order valence-electron chi connectivity index (χ2n) is 11.0. The SMILES string of the molecule is Cn1c2ccccc2c2cc3c(cc21)oc1cc(C24CC5CC(CC(C5)C2)C4)ccc13. The van der Waals surface area contributed by atoms with Crippen LogP contribution >= 0.6 is 0 Å². The van der Waals surface area contributed by atoms with E-state index in [9.17, 15) is 0 Å². The lowest BCUT2D eigenvalue weighted by atomic mass is 9.48. The predicted molar refractivity (Wildman–Crippen MR) is 128 cm³/mol. The Morgan fingerprint density at radius 1 is 0.710 bits per heavy atom. The van der Waals surface area contributed by atoms with Crippen LogP contribution in [0.5, 0.6) is 0 Å². The predicted octanol–water partition coefficient (Wildman–Crippen LogP) is 7.70. The number of fused-ring (bicyclic) bond motifs is 6. The molecule has 0 amide bonds. The van der Waals surface area contributed by atoms with Gasteiger partial charge in [-0.3, -0.25) is 0 Å². The van der Waals surface area contributed by atoms with Crippen molar-refractivity contribution in [1.29, 1.82) is 0 Å². The molecule has 0 N–H and O–H groups in total. The van der Waals surface area contributed by atoms with Crippen molar-refractivity contribution in [2.24, 2.45) is 24.8 Å². The summed E-state index contributed by atoms with van der Waals surface area (Å²) in [4.78, 5) is 0. The lowest BCUT2D eigenvalue weighted by molar-refractivity contribution is -0.00515. The topological polar surface area (TPSA) is 18.1 Å². The lowest BCUT2D eigenvalue weighted by Crippen LogP contribution is -2.48. The van der Waals surface area contributed by atoms with Crippen LogP contribution in [0, 0.1) is 17.8 Å². The average Bonchev–Trinajstić information content (AvgIpc) is 3.26. The Balaban J connectivity index is 1.34. The fraction of sp³-hybridized carbons (Fsp3) is 0.379. The van der Waals surface area contributed by atoms with Crippen LogP contribution in [-0.2, 0) is 12.5 Å². The monoisotopic (exact) mass is 405 g/mol. The minimum Gasteiger partial charge on any atom is -0.456 e. The van der Waals surface area contributed by atoms with Crippen LogP contribution in [-0.4, -0.2) is 4.57 Å². The molecule has 31 heavy (non-hydrogen) atoms. The minimum absolute atomic E-state index is 0.419. The normalized spacial score (nSPS) is 29.8. The van der Waals surface area contributed by atoms with Crippen LogP contribution in [0.15, 0.2) is 59.0 Å². The largest absolute Gasteiger partial charge is 0.456 e. The van der Waals surface area contributed by atoms with Gasteiger partial charge < -0.3 is 8.98 Å². The van der Waals surface area contributed by atoms with E-state index in [-0.39, 0.29) is 0 Å². The number of rotatable bonds is 1. The molecule has 2 heteroatoms. The van der Waals surface area contributed by atoms with Crippen molar-refractivity contribution < 1.29 is 4.42 Å². The summed E-state index contributed by atoms with van der Waals surface area (Å²) in [5.74, 6) is 2.91. The van der Waals surface area contributed by atoms with Gasteiger partial charge in [0.2, 0.25) is 0 Å². The number of nitrogens with zero attached hydrogens (tertiary/aromatic N) is 1. The van der Waals surface area contributed by atoms with Crippen molar-refractivity contribution in [3.63, 3.8) is 0 Å². The molecular weight excluding hydrogens is 378 g/mol. The van der Waals surface area contributed by atoms with E-state index in [0.29, 0.717) is 5.41 Å². The van der Waals surface area contributed by atoms with E-state index in [1.807, 2.05) is 0 Å². The maximum Gasteiger partial charge on any atom is 0.137 e. The zero-order valence-electron chi connectivity index (χ0n) is 18.0. The van der Waals surface area contributed by atoms with Gasteiger partial charge in [0.1, 0.15) is 11.2 Å². The van der Waals surface area contributed by atoms with Gasteiger partial charge in [0, 0.05) is 40.2 Å². The van der Waals surface area contributed by atoms with Crippen molar-refractivity contribution in [3.05, 3.63) is 60.2 Å². The zero-order chi connectivity index (χ0) is 20.3. The Morgan fingerprint density at radius 2 is 1.42 bits per heavy atom. The van der Waals surface area contributed by atoms with Crippen molar-refractivity contribution in [2.45, 2.75) is 43.9 Å². The molecule has 0 atom stereocenters. The van der Waals surface area contributed by atoms with Crippen molar-refractivity contribution in [1.82, 2.24) is 4.57 Å². The molecule has 154 valence electrons. The molecule has 4 fully saturated rings. The summed E-state index contributed by atoms with van der Waals surface area (Å²) in [6, 6.07) is 20.5. The highest BCUT2D eigenvalue weighted by atomic mass is 16.3. The second kappa shape index (κ2) is 5.54. The number of aryl methyl sites for hydroxylation is 1. The molecule has 4 bridgehead atoms. The molecule has 0 spiro atoms. The molecule has 2 nitrogen and oxygen atoms in total. The number of hydrogen-bond acceptors (Lipinski definition) is 1. The van der Waals surface area contributed by atoms with Crippen LogP contribution in [0.25, 0.3) is 43.7 Å². The summed E-state index contributed by atoms with van der Waals surface area (Å²) in [5.41, 5.74) is 6.57. The maximum atomic E-state index is 6.50. The summed E-state index contributed by atoms with van der Waals surface area (Å²) < 4.78 is 8.79. The van der Waals surface area contributed by atoms with Crippen LogP contribution in [0.4, 0.5) is 0 Å². The van der Waals surface area contributed by atoms with Crippen molar-refractivity contribution in [3.8, 4) is 0 Å². The number of furan rings is 1. The first kappa shape index (κ1) is 16.9. The van der Waals surface area contributed by atoms with Gasteiger partial charge in [-0.2, -0.15) is 0 Å². The van der Waals surface area contributed by atoms with Gasteiger partial charge in [0.25, 0.3) is 0 Å². The molecule has 2 aromatic heterocycles. The first-order chi connectivity index (χ1) is 15.2. The molecule has 3 aromatic carbocycles. The highest BCUT2D eigenvalue weighted by Crippen LogP contribution is 2.61. The second-order valence-corrected chi connectivity index (χ2v) is 11.0. The molecular formula is C29H27NO. The molecule has 5 aromatic rings. The van der Waals surface area contributed by atoms with E-state index >= 15 is 0 Å². The van der Waals surface area contributed by atoms with Crippen molar-refractivity contribution in [2.75, 3.05) is 0 Å². The van der Waals surface area contributed by atoms with Crippen LogP contribution in [0.1, 0.15) is 44.1 Å². The molecule has 0 unspecified atom stereocenters. The third-order valence-electron chi connectivity index (χ3n) is 9.16. The molecule has 0 radical (unpaired) electrons. The van der Waals surface area contributed by atoms with Gasteiger partial charge in [-0.15, -0.1) is 0 Å². The van der Waals surface area contributed by atoms with Gasteiger partial charge in [-0.1, -0.05) is 30.3 Å². The van der Waals surface area contributed by atoms with Crippen LogP contribution in [0.2, 0.25) is 0 Å². The minimum atomic E-state index is 0.419. The Hall–Kier alpha value is -2.74.